The third kappa shape index (κ3) is 6.58. The number of benzene rings is 1. The molecule has 0 unspecified atom stereocenters. The summed E-state index contributed by atoms with van der Waals surface area (Å²) in [6, 6.07) is 6.73. The molecule has 0 heterocycles. The fourth-order valence-corrected chi connectivity index (χ4v) is 2.16. The Balaban J connectivity index is 2.48. The molecule has 0 radical (unpaired) electrons. The van der Waals surface area contributed by atoms with Gasteiger partial charge < -0.3 is 15.3 Å². The lowest BCUT2D eigenvalue weighted by Crippen LogP contribution is -2.37. The van der Waals surface area contributed by atoms with E-state index in [1.807, 2.05) is 18.0 Å². The third-order valence-electron chi connectivity index (χ3n) is 2.75. The van der Waals surface area contributed by atoms with Gasteiger partial charge in [0.15, 0.2) is 0 Å². The van der Waals surface area contributed by atoms with Gasteiger partial charge in [-0.3, -0.25) is 4.79 Å². The van der Waals surface area contributed by atoms with Gasteiger partial charge in [0, 0.05) is 25.2 Å². The minimum Gasteiger partial charge on any atom is -0.389 e. The van der Waals surface area contributed by atoms with Gasteiger partial charge in [-0.15, -0.1) is 0 Å². The van der Waals surface area contributed by atoms with Crippen molar-refractivity contribution in [1.29, 1.82) is 5.26 Å². The number of carbonyl (C=O) groups is 1. The molecule has 1 amide bonds. The minimum atomic E-state index is -0.786. The molecule has 0 bridgehead atoms. The van der Waals surface area contributed by atoms with Crippen molar-refractivity contribution in [3.63, 3.8) is 0 Å². The summed E-state index contributed by atoms with van der Waals surface area (Å²) in [5, 5.41) is 21.5. The summed E-state index contributed by atoms with van der Waals surface area (Å²) >= 11 is 5.90. The lowest BCUT2D eigenvalue weighted by molar-refractivity contribution is -0.116. The Bertz CT molecular complexity index is 547. The topological polar surface area (TPSA) is 76.4 Å². The van der Waals surface area contributed by atoms with Gasteiger partial charge in [-0.2, -0.15) is 5.26 Å². The zero-order chi connectivity index (χ0) is 16.0. The first-order chi connectivity index (χ1) is 9.71. The molecule has 1 aromatic rings. The number of likely N-dealkylation sites (N-methyl/N-ethyl adjacent to an activating group) is 1. The molecule has 1 rings (SSSR count). The van der Waals surface area contributed by atoms with Crippen molar-refractivity contribution in [1.82, 2.24) is 4.90 Å². The highest BCUT2D eigenvalue weighted by molar-refractivity contribution is 6.32. The van der Waals surface area contributed by atoms with Crippen LogP contribution < -0.4 is 5.32 Å². The summed E-state index contributed by atoms with van der Waals surface area (Å²) < 4.78 is 0. The van der Waals surface area contributed by atoms with Gasteiger partial charge in [-0.05, 0) is 39.1 Å². The lowest BCUT2D eigenvalue weighted by Gasteiger charge is -2.25. The van der Waals surface area contributed by atoms with Crippen LogP contribution in [0.25, 0.3) is 0 Å². The average Bonchev–Trinajstić information content (AvgIpc) is 2.34. The number of rotatable bonds is 6. The molecule has 114 valence electrons. The van der Waals surface area contributed by atoms with Crippen LogP contribution in [-0.4, -0.2) is 41.7 Å². The molecule has 6 heteroatoms. The van der Waals surface area contributed by atoms with Crippen molar-refractivity contribution in [3.8, 4) is 6.07 Å². The monoisotopic (exact) mass is 309 g/mol. The van der Waals surface area contributed by atoms with Crippen molar-refractivity contribution in [2.24, 2.45) is 0 Å². The summed E-state index contributed by atoms with van der Waals surface area (Å²) in [7, 11) is 1.85. The number of nitrogens with one attached hydrogen (secondary N) is 1. The normalized spacial score (nSPS) is 11.3. The first-order valence-corrected chi connectivity index (χ1v) is 6.99. The highest BCUT2D eigenvalue weighted by atomic mass is 35.5. The van der Waals surface area contributed by atoms with E-state index in [2.05, 4.69) is 5.32 Å². The van der Waals surface area contributed by atoms with Crippen LogP contribution in [0.5, 0.6) is 0 Å². The fourth-order valence-electron chi connectivity index (χ4n) is 1.94. The predicted octanol–water partition coefficient (Wildman–Crippen LogP) is 2.24. The number of anilines is 1. The van der Waals surface area contributed by atoms with E-state index < -0.39 is 5.60 Å². The van der Waals surface area contributed by atoms with Crippen LogP contribution in [0.1, 0.15) is 25.8 Å². The number of hydrogen-bond acceptors (Lipinski definition) is 4. The third-order valence-corrected chi connectivity index (χ3v) is 3.06. The Morgan fingerprint density at radius 1 is 1.52 bits per heavy atom. The Morgan fingerprint density at radius 3 is 2.71 bits per heavy atom. The van der Waals surface area contributed by atoms with Gasteiger partial charge in [0.05, 0.1) is 16.2 Å². The van der Waals surface area contributed by atoms with Gasteiger partial charge in [-0.1, -0.05) is 11.6 Å². The number of hydrogen-bond donors (Lipinski definition) is 2. The van der Waals surface area contributed by atoms with Crippen LogP contribution in [0, 0.1) is 11.3 Å². The van der Waals surface area contributed by atoms with Gasteiger partial charge in [0.25, 0.3) is 0 Å². The van der Waals surface area contributed by atoms with Crippen molar-refractivity contribution < 1.29 is 9.90 Å². The summed E-state index contributed by atoms with van der Waals surface area (Å²) in [6.07, 6.45) is 0.310. The number of nitriles is 1. The molecular formula is C15H20ClN3O2. The van der Waals surface area contributed by atoms with E-state index >= 15 is 0 Å². The molecule has 0 fully saturated rings. The van der Waals surface area contributed by atoms with Gasteiger partial charge in [0.1, 0.15) is 6.07 Å². The largest absolute Gasteiger partial charge is 0.389 e. The number of halogens is 1. The smallest absolute Gasteiger partial charge is 0.225 e. The highest BCUT2D eigenvalue weighted by Gasteiger charge is 2.16. The maximum absolute atomic E-state index is 11.8. The van der Waals surface area contributed by atoms with Gasteiger partial charge in [0.2, 0.25) is 5.91 Å². The summed E-state index contributed by atoms with van der Waals surface area (Å²) in [5.74, 6) is -0.140. The SMILES string of the molecule is CN(CCC(=O)Nc1ccc(C#N)c(Cl)c1)CC(C)(C)O. The van der Waals surface area contributed by atoms with Crippen LogP contribution in [0.3, 0.4) is 0 Å². The maximum Gasteiger partial charge on any atom is 0.225 e. The molecule has 1 aromatic carbocycles. The zero-order valence-corrected chi connectivity index (χ0v) is 13.2. The Kier molecular flexibility index (Phi) is 6.16. The van der Waals surface area contributed by atoms with Crippen molar-refractivity contribution in [3.05, 3.63) is 28.8 Å². The molecule has 21 heavy (non-hydrogen) atoms. The number of carbonyl (C=O) groups excluding carboxylic acids is 1. The van der Waals surface area contributed by atoms with Crippen LogP contribution >= 0.6 is 11.6 Å². The summed E-state index contributed by atoms with van der Waals surface area (Å²) in [4.78, 5) is 13.7. The van der Waals surface area contributed by atoms with E-state index in [0.29, 0.717) is 35.8 Å². The summed E-state index contributed by atoms with van der Waals surface area (Å²) in [5.41, 5.74) is 0.153. The van der Waals surface area contributed by atoms with E-state index in [9.17, 15) is 9.90 Å². The molecule has 5 nitrogen and oxygen atoms in total. The van der Waals surface area contributed by atoms with Gasteiger partial charge >= 0.3 is 0 Å². The number of amides is 1. The molecule has 0 aromatic heterocycles. The van der Waals surface area contributed by atoms with Crippen LogP contribution in [0.15, 0.2) is 18.2 Å². The fraction of sp³-hybridized carbons (Fsp3) is 0.467. The van der Waals surface area contributed by atoms with E-state index in [-0.39, 0.29) is 5.91 Å². The zero-order valence-electron chi connectivity index (χ0n) is 12.5. The van der Waals surface area contributed by atoms with E-state index in [1.54, 1.807) is 32.0 Å². The molecular weight excluding hydrogens is 290 g/mol. The Labute approximate surface area is 130 Å². The molecule has 0 saturated heterocycles. The van der Waals surface area contributed by atoms with Crippen LogP contribution in [0.4, 0.5) is 5.69 Å². The molecule has 0 saturated carbocycles. The first-order valence-electron chi connectivity index (χ1n) is 6.62. The lowest BCUT2D eigenvalue weighted by atomic mass is 10.1. The molecule has 0 aliphatic carbocycles. The van der Waals surface area contributed by atoms with E-state index in [1.165, 1.54) is 0 Å². The number of aliphatic hydroxyl groups is 1. The predicted molar refractivity (Wildman–Crippen MR) is 83.2 cm³/mol. The van der Waals surface area contributed by atoms with Crippen LogP contribution in [0.2, 0.25) is 5.02 Å². The Hall–Kier alpha value is -1.61. The second kappa shape index (κ2) is 7.41. The molecule has 0 atom stereocenters. The average molecular weight is 310 g/mol. The molecule has 0 aliphatic rings. The standard InChI is InChI=1S/C15H20ClN3O2/c1-15(2,21)10-19(3)7-6-14(20)18-12-5-4-11(9-17)13(16)8-12/h4-5,8,21H,6-7,10H2,1-3H3,(H,18,20). The van der Waals surface area contributed by atoms with E-state index in [4.69, 9.17) is 16.9 Å². The second-order valence-corrected chi connectivity index (χ2v) is 6.06. The Morgan fingerprint density at radius 2 is 2.19 bits per heavy atom. The first kappa shape index (κ1) is 17.4. The van der Waals surface area contributed by atoms with Crippen molar-refractivity contribution in [2.75, 3.05) is 25.5 Å². The second-order valence-electron chi connectivity index (χ2n) is 5.65. The summed E-state index contributed by atoms with van der Waals surface area (Å²) in [6.45, 7) is 4.48. The van der Waals surface area contributed by atoms with Crippen molar-refractivity contribution >= 4 is 23.2 Å². The quantitative estimate of drug-likeness (QED) is 0.845. The van der Waals surface area contributed by atoms with Crippen molar-refractivity contribution in [2.45, 2.75) is 25.9 Å². The van der Waals surface area contributed by atoms with Gasteiger partial charge in [-0.25, -0.2) is 0 Å². The highest BCUT2D eigenvalue weighted by Crippen LogP contribution is 2.20. The number of nitrogens with zero attached hydrogens (tertiary/aromatic N) is 2. The molecule has 0 spiro atoms. The molecule has 2 N–H and O–H groups in total. The van der Waals surface area contributed by atoms with Crippen LogP contribution in [-0.2, 0) is 4.79 Å². The molecule has 0 aliphatic heterocycles. The maximum atomic E-state index is 11.8. The van der Waals surface area contributed by atoms with E-state index in [0.717, 1.165) is 0 Å². The minimum absolute atomic E-state index is 0.140.